The zero-order valence-corrected chi connectivity index (χ0v) is 18.5. The molecule has 8 heteroatoms. The zero-order valence-electron chi connectivity index (χ0n) is 18.5. The van der Waals surface area contributed by atoms with Gasteiger partial charge in [0.2, 0.25) is 5.91 Å². The molecule has 0 radical (unpaired) electrons. The molecule has 1 aliphatic heterocycles. The third kappa shape index (κ3) is 4.11. The first-order valence-corrected chi connectivity index (χ1v) is 11.4. The molecule has 1 atom stereocenters. The van der Waals surface area contributed by atoms with Crippen LogP contribution in [0.2, 0.25) is 0 Å². The molecule has 3 aromatic rings. The largest absolute Gasteiger partial charge is 0.272 e. The van der Waals surface area contributed by atoms with Gasteiger partial charge in [-0.05, 0) is 74.6 Å². The highest BCUT2D eigenvalue weighted by atomic mass is 19.1. The van der Waals surface area contributed by atoms with Crippen molar-refractivity contribution >= 4 is 11.6 Å². The number of hydrogen-bond donors (Lipinski definition) is 0. The van der Waals surface area contributed by atoms with Crippen molar-refractivity contribution in [3.05, 3.63) is 59.1 Å². The van der Waals surface area contributed by atoms with E-state index in [4.69, 9.17) is 4.84 Å². The second-order valence-corrected chi connectivity index (χ2v) is 9.12. The Kier molecular flexibility index (Phi) is 5.63. The van der Waals surface area contributed by atoms with Crippen molar-refractivity contribution in [3.8, 4) is 0 Å². The van der Waals surface area contributed by atoms with E-state index in [0.29, 0.717) is 24.5 Å². The molecule has 5 rings (SSSR count). The van der Waals surface area contributed by atoms with Crippen LogP contribution in [0.4, 0.5) is 4.39 Å². The first kappa shape index (κ1) is 21.0. The van der Waals surface area contributed by atoms with Gasteiger partial charge in [0.25, 0.3) is 0 Å². The van der Waals surface area contributed by atoms with Crippen molar-refractivity contribution in [1.29, 1.82) is 0 Å². The summed E-state index contributed by atoms with van der Waals surface area (Å²) in [4.78, 5) is 27.3. The second kappa shape index (κ2) is 8.58. The Bertz CT molecular complexity index is 1140. The van der Waals surface area contributed by atoms with Crippen LogP contribution in [-0.4, -0.2) is 37.2 Å². The van der Waals surface area contributed by atoms with E-state index in [-0.39, 0.29) is 17.9 Å². The van der Waals surface area contributed by atoms with E-state index in [1.807, 2.05) is 11.4 Å². The summed E-state index contributed by atoms with van der Waals surface area (Å²) < 4.78 is 15.5. The van der Waals surface area contributed by atoms with Crippen LogP contribution in [0.25, 0.3) is 5.65 Å². The number of pyridine rings is 2. The minimum Gasteiger partial charge on any atom is -0.272 e. The molecule has 1 saturated carbocycles. The fourth-order valence-corrected chi connectivity index (χ4v) is 5.16. The zero-order chi connectivity index (χ0) is 22.2. The average Bonchev–Trinajstić information content (AvgIpc) is 3.40. The Morgan fingerprint density at radius 3 is 2.75 bits per heavy atom. The van der Waals surface area contributed by atoms with Gasteiger partial charge in [-0.25, -0.2) is 19.0 Å². The Hall–Kier alpha value is -2.87. The van der Waals surface area contributed by atoms with Crippen LogP contribution in [0.3, 0.4) is 0 Å². The number of fused-ring (bicyclic) bond motifs is 1. The quantitative estimate of drug-likeness (QED) is 0.614. The summed E-state index contributed by atoms with van der Waals surface area (Å²) in [6.07, 6.45) is 10.2. The van der Waals surface area contributed by atoms with Crippen LogP contribution in [0.1, 0.15) is 60.7 Å². The molecule has 32 heavy (non-hydrogen) atoms. The molecule has 3 aromatic heterocycles. The molecule has 0 bridgehead atoms. The van der Waals surface area contributed by atoms with E-state index in [1.54, 1.807) is 6.20 Å². The van der Waals surface area contributed by atoms with Gasteiger partial charge in [0.1, 0.15) is 11.6 Å². The summed E-state index contributed by atoms with van der Waals surface area (Å²) >= 11 is 0. The normalized spacial score (nSPS) is 23.7. The van der Waals surface area contributed by atoms with Crippen molar-refractivity contribution in [2.75, 3.05) is 6.61 Å². The molecule has 0 N–H and O–H groups in total. The Balaban J connectivity index is 1.21. The van der Waals surface area contributed by atoms with Crippen molar-refractivity contribution in [3.63, 3.8) is 0 Å². The average molecular weight is 438 g/mol. The number of aromatic nitrogens is 4. The lowest BCUT2D eigenvalue weighted by molar-refractivity contribution is -0.183. The Morgan fingerprint density at radius 1 is 1.16 bits per heavy atom. The molecule has 1 saturated heterocycles. The van der Waals surface area contributed by atoms with E-state index >= 15 is 0 Å². The number of carbonyl (C=O) groups is 1. The molecule has 7 nitrogen and oxygen atoms in total. The maximum atomic E-state index is 13.6. The molecule has 1 aliphatic carbocycles. The van der Waals surface area contributed by atoms with Crippen LogP contribution in [0, 0.1) is 31.5 Å². The smallest absolute Gasteiger partial charge is 0.249 e. The summed E-state index contributed by atoms with van der Waals surface area (Å²) in [5.41, 5.74) is 4.00. The van der Waals surface area contributed by atoms with Crippen LogP contribution in [-0.2, 0) is 16.1 Å². The topological polar surface area (TPSA) is 72.6 Å². The van der Waals surface area contributed by atoms with Crippen molar-refractivity contribution in [2.45, 2.75) is 58.4 Å². The first-order chi connectivity index (χ1) is 15.5. The molecule has 1 amide bonds. The van der Waals surface area contributed by atoms with Crippen molar-refractivity contribution in [2.24, 2.45) is 11.8 Å². The van der Waals surface area contributed by atoms with Crippen LogP contribution in [0.15, 0.2) is 30.7 Å². The van der Waals surface area contributed by atoms with E-state index in [2.05, 4.69) is 34.3 Å². The fourth-order valence-electron chi connectivity index (χ4n) is 5.16. The van der Waals surface area contributed by atoms with E-state index in [1.165, 1.54) is 22.9 Å². The minimum absolute atomic E-state index is 0.0190. The number of amides is 1. The van der Waals surface area contributed by atoms with Gasteiger partial charge in [-0.1, -0.05) is 6.07 Å². The van der Waals surface area contributed by atoms with Crippen LogP contribution < -0.4 is 0 Å². The SMILES string of the molecule is Cc1nc2c(C)cc(C[C@H]3CC[C@H](C(=O)N4OCC[C@H]4c4cncc(F)c4)CC3)cn2n1. The van der Waals surface area contributed by atoms with Gasteiger partial charge in [-0.15, -0.1) is 0 Å². The number of hydrogen-bond acceptors (Lipinski definition) is 5. The second-order valence-electron chi connectivity index (χ2n) is 9.12. The highest BCUT2D eigenvalue weighted by molar-refractivity contribution is 5.78. The molecule has 0 spiro atoms. The van der Waals surface area contributed by atoms with Crippen LogP contribution in [0.5, 0.6) is 0 Å². The minimum atomic E-state index is -0.392. The highest BCUT2D eigenvalue weighted by Gasteiger charge is 2.37. The van der Waals surface area contributed by atoms with Gasteiger partial charge in [-0.3, -0.25) is 14.6 Å². The first-order valence-electron chi connectivity index (χ1n) is 11.4. The molecule has 4 heterocycles. The van der Waals surface area contributed by atoms with Crippen molar-refractivity contribution in [1.82, 2.24) is 24.6 Å². The molecular weight excluding hydrogens is 409 g/mol. The Morgan fingerprint density at radius 2 is 1.97 bits per heavy atom. The standard InChI is InChI=1S/C24H28FN5O2/c1-15-9-18(14-29-23(15)27-16(2)28-29)10-17-3-5-19(6-4-17)24(31)30-22(7-8-32-30)20-11-21(25)13-26-12-20/h9,11-14,17,19,22H,3-8,10H2,1-2H3/t17-,19-,22-/m0/s1. The molecule has 2 fully saturated rings. The third-order valence-corrected chi connectivity index (χ3v) is 6.73. The molecule has 0 unspecified atom stereocenters. The van der Waals surface area contributed by atoms with Gasteiger partial charge < -0.3 is 0 Å². The summed E-state index contributed by atoms with van der Waals surface area (Å²) in [6, 6.07) is 3.39. The lowest BCUT2D eigenvalue weighted by Gasteiger charge is -2.32. The highest BCUT2D eigenvalue weighted by Crippen LogP contribution is 2.37. The number of nitrogens with zero attached hydrogens (tertiary/aromatic N) is 5. The lowest BCUT2D eigenvalue weighted by Crippen LogP contribution is -2.36. The van der Waals surface area contributed by atoms with Gasteiger partial charge in [0.05, 0.1) is 18.8 Å². The summed E-state index contributed by atoms with van der Waals surface area (Å²) in [5, 5.41) is 5.94. The fraction of sp³-hybridized carbons (Fsp3) is 0.500. The van der Waals surface area contributed by atoms with Gasteiger partial charge in [0, 0.05) is 24.7 Å². The van der Waals surface area contributed by atoms with E-state index in [0.717, 1.165) is 49.1 Å². The van der Waals surface area contributed by atoms with Crippen LogP contribution >= 0.6 is 0 Å². The summed E-state index contributed by atoms with van der Waals surface area (Å²) in [5.74, 6) is 0.905. The number of halogens is 1. The number of aryl methyl sites for hydroxylation is 2. The van der Waals surface area contributed by atoms with E-state index in [9.17, 15) is 9.18 Å². The lowest BCUT2D eigenvalue weighted by atomic mass is 9.79. The predicted molar refractivity (Wildman–Crippen MR) is 116 cm³/mol. The predicted octanol–water partition coefficient (Wildman–Crippen LogP) is 4.13. The summed E-state index contributed by atoms with van der Waals surface area (Å²) in [7, 11) is 0. The maximum Gasteiger partial charge on any atom is 0.249 e. The molecular formula is C24H28FN5O2. The molecule has 2 aliphatic rings. The maximum absolute atomic E-state index is 13.6. The number of hydroxylamine groups is 2. The van der Waals surface area contributed by atoms with Crippen molar-refractivity contribution < 1.29 is 14.0 Å². The monoisotopic (exact) mass is 437 g/mol. The third-order valence-electron chi connectivity index (χ3n) is 6.73. The van der Waals surface area contributed by atoms with Gasteiger partial charge in [-0.2, -0.15) is 5.10 Å². The Labute approximate surface area is 186 Å². The number of carbonyl (C=O) groups excluding carboxylic acids is 1. The van der Waals surface area contributed by atoms with Gasteiger partial charge >= 0.3 is 0 Å². The summed E-state index contributed by atoms with van der Waals surface area (Å²) in [6.45, 7) is 4.44. The van der Waals surface area contributed by atoms with Gasteiger partial charge in [0.15, 0.2) is 5.65 Å². The van der Waals surface area contributed by atoms with E-state index < -0.39 is 5.82 Å². The molecule has 168 valence electrons. The molecule has 0 aromatic carbocycles. The number of rotatable bonds is 4.